The van der Waals surface area contributed by atoms with Crippen molar-refractivity contribution in [3.05, 3.63) is 59.4 Å². The van der Waals surface area contributed by atoms with Crippen LogP contribution in [0.3, 0.4) is 0 Å². The lowest BCUT2D eigenvalue weighted by Gasteiger charge is -2.26. The summed E-state index contributed by atoms with van der Waals surface area (Å²) in [7, 11) is 0. The van der Waals surface area contributed by atoms with Crippen LogP contribution in [0.4, 0.5) is 26.3 Å². The minimum Gasteiger partial charge on any atom is -0.494 e. The predicted molar refractivity (Wildman–Crippen MR) is 87.9 cm³/mol. The van der Waals surface area contributed by atoms with Gasteiger partial charge in [-0.3, -0.25) is 0 Å². The van der Waals surface area contributed by atoms with Gasteiger partial charge >= 0.3 is 12.4 Å². The molecule has 1 saturated heterocycles. The maximum absolute atomic E-state index is 13.0. The van der Waals surface area contributed by atoms with E-state index in [9.17, 15) is 26.3 Å². The van der Waals surface area contributed by atoms with E-state index >= 15 is 0 Å². The Kier molecular flexibility index (Phi) is 5.55. The summed E-state index contributed by atoms with van der Waals surface area (Å²) in [6.07, 6.45) is -9.25. The summed E-state index contributed by atoms with van der Waals surface area (Å²) in [5.74, 6) is -2.50. The molecule has 1 N–H and O–H groups in total. The number of hydrogen-bond acceptors (Lipinski definition) is 2. The smallest absolute Gasteiger partial charge is 0.412 e. The topological polar surface area (TPSA) is 21.3 Å². The van der Waals surface area contributed by atoms with Crippen molar-refractivity contribution in [2.24, 2.45) is 11.8 Å². The molecule has 3 atom stereocenters. The molecule has 1 aliphatic heterocycles. The molecule has 0 saturated carbocycles. The summed E-state index contributed by atoms with van der Waals surface area (Å²) in [4.78, 5) is 0. The van der Waals surface area contributed by atoms with Gasteiger partial charge < -0.3 is 10.1 Å². The van der Waals surface area contributed by atoms with Crippen LogP contribution in [0.1, 0.15) is 17.9 Å². The molecular weight excluding hydrogens is 372 g/mol. The molecule has 2 aliphatic rings. The zero-order valence-electron chi connectivity index (χ0n) is 14.3. The highest BCUT2D eigenvalue weighted by Gasteiger charge is 2.45. The van der Waals surface area contributed by atoms with Gasteiger partial charge in [0.15, 0.2) is 0 Å². The minimum absolute atomic E-state index is 0.0395. The van der Waals surface area contributed by atoms with Crippen molar-refractivity contribution in [2.45, 2.75) is 24.7 Å². The summed E-state index contributed by atoms with van der Waals surface area (Å²) in [5, 5.41) is 3.20. The van der Waals surface area contributed by atoms with Crippen LogP contribution >= 0.6 is 0 Å². The maximum Gasteiger partial charge on any atom is 0.412 e. The third-order valence-electron chi connectivity index (χ3n) is 4.94. The molecular formula is C19H19F6NO. The van der Waals surface area contributed by atoms with Crippen LogP contribution in [0.25, 0.3) is 0 Å². The van der Waals surface area contributed by atoms with E-state index in [2.05, 4.69) is 5.32 Å². The summed E-state index contributed by atoms with van der Waals surface area (Å²) >= 11 is 0. The molecule has 1 heterocycles. The van der Waals surface area contributed by atoms with E-state index in [0.29, 0.717) is 19.2 Å². The Balaban J connectivity index is 1.73. The molecule has 27 heavy (non-hydrogen) atoms. The Morgan fingerprint density at radius 2 is 1.70 bits per heavy atom. The average Bonchev–Trinajstić information content (AvgIpc) is 3.07. The van der Waals surface area contributed by atoms with Crippen molar-refractivity contribution >= 4 is 0 Å². The number of ether oxygens (including phenoxy) is 1. The third kappa shape index (κ3) is 4.86. The van der Waals surface area contributed by atoms with E-state index < -0.39 is 30.3 Å². The fourth-order valence-corrected chi connectivity index (χ4v) is 3.47. The van der Waals surface area contributed by atoms with E-state index in [1.807, 2.05) is 30.3 Å². The van der Waals surface area contributed by atoms with E-state index in [1.165, 1.54) is 0 Å². The number of nitrogens with one attached hydrogen (secondary N) is 1. The second-order valence-electron chi connectivity index (χ2n) is 6.84. The van der Waals surface area contributed by atoms with Crippen molar-refractivity contribution in [1.29, 1.82) is 0 Å². The van der Waals surface area contributed by atoms with Crippen LogP contribution in [0.2, 0.25) is 0 Å². The molecule has 0 amide bonds. The first-order valence-electron chi connectivity index (χ1n) is 8.59. The van der Waals surface area contributed by atoms with Crippen LogP contribution in [-0.4, -0.2) is 32.0 Å². The van der Waals surface area contributed by atoms with Crippen LogP contribution in [0, 0.1) is 11.8 Å². The van der Waals surface area contributed by atoms with Crippen molar-refractivity contribution in [3.8, 4) is 0 Å². The normalized spacial score (nSPS) is 26.5. The van der Waals surface area contributed by atoms with Gasteiger partial charge in [-0.05, 0) is 24.1 Å². The molecule has 0 bridgehead atoms. The Hall–Kier alpha value is -1.96. The first-order valence-corrected chi connectivity index (χ1v) is 8.59. The molecule has 3 rings (SSSR count). The zero-order chi connectivity index (χ0) is 19.7. The van der Waals surface area contributed by atoms with Crippen molar-refractivity contribution in [3.63, 3.8) is 0 Å². The molecule has 148 valence electrons. The first kappa shape index (κ1) is 19.8. The lowest BCUT2D eigenvalue weighted by atomic mass is 9.89. The fourth-order valence-electron chi connectivity index (χ4n) is 3.47. The van der Waals surface area contributed by atoms with Gasteiger partial charge in [-0.2, -0.15) is 26.3 Å². The predicted octanol–water partition coefficient (Wildman–Crippen LogP) is 4.96. The molecule has 1 aromatic carbocycles. The highest BCUT2D eigenvalue weighted by Crippen LogP contribution is 2.42. The average molecular weight is 391 g/mol. The van der Waals surface area contributed by atoms with E-state index in [0.717, 1.165) is 11.6 Å². The quantitative estimate of drug-likeness (QED) is 0.733. The fraction of sp³-hybridized carbons (Fsp3) is 0.474. The minimum atomic E-state index is -4.81. The van der Waals surface area contributed by atoms with Gasteiger partial charge in [0.05, 0.1) is 12.5 Å². The highest BCUT2D eigenvalue weighted by molar-refractivity contribution is 5.29. The Labute approximate surface area is 152 Å². The van der Waals surface area contributed by atoms with Gasteiger partial charge in [-0.1, -0.05) is 30.3 Å². The van der Waals surface area contributed by atoms with Gasteiger partial charge in [-0.15, -0.1) is 0 Å². The zero-order valence-corrected chi connectivity index (χ0v) is 14.3. The summed E-state index contributed by atoms with van der Waals surface area (Å²) in [6, 6.07) is 9.56. The summed E-state index contributed by atoms with van der Waals surface area (Å²) < 4.78 is 83.3. The number of rotatable bonds is 4. The van der Waals surface area contributed by atoms with Gasteiger partial charge in [-0.25, -0.2) is 0 Å². The van der Waals surface area contributed by atoms with Crippen LogP contribution < -0.4 is 5.32 Å². The van der Waals surface area contributed by atoms with E-state index in [4.69, 9.17) is 4.74 Å². The molecule has 0 radical (unpaired) electrons. The van der Waals surface area contributed by atoms with Gasteiger partial charge in [0.25, 0.3) is 0 Å². The summed E-state index contributed by atoms with van der Waals surface area (Å²) in [6.45, 7) is 1.32. The Morgan fingerprint density at radius 3 is 2.33 bits per heavy atom. The second kappa shape index (κ2) is 7.58. The SMILES string of the molecule is FC(F)(F)C1=CC(OCC2CNCC2c2ccccc2)=CC(C(F)(F)F)C1. The standard InChI is InChI=1S/C19H19F6NO/c20-18(21,22)14-6-15(19(23,24)25)8-16(7-14)27-11-13-9-26-10-17(13)12-4-2-1-3-5-12/h1-5,7-8,13-14,17,26H,6,9-11H2. The van der Waals surface area contributed by atoms with E-state index in [1.54, 1.807) is 0 Å². The van der Waals surface area contributed by atoms with Crippen LogP contribution in [0.15, 0.2) is 53.8 Å². The van der Waals surface area contributed by atoms with Crippen LogP contribution in [-0.2, 0) is 4.74 Å². The molecule has 1 fully saturated rings. The Bertz CT molecular complexity index is 707. The van der Waals surface area contributed by atoms with Crippen LogP contribution in [0.5, 0.6) is 0 Å². The monoisotopic (exact) mass is 391 g/mol. The van der Waals surface area contributed by atoms with Gasteiger partial charge in [0.1, 0.15) is 5.76 Å². The number of allylic oxidation sites excluding steroid dienone is 3. The lowest BCUT2D eigenvalue weighted by Crippen LogP contribution is -2.28. The summed E-state index contributed by atoms with van der Waals surface area (Å²) in [5.41, 5.74) is -0.153. The number of alkyl halides is 6. The molecule has 3 unspecified atom stereocenters. The van der Waals surface area contributed by atoms with E-state index in [-0.39, 0.29) is 24.2 Å². The lowest BCUT2D eigenvalue weighted by molar-refractivity contribution is -0.166. The highest BCUT2D eigenvalue weighted by atomic mass is 19.4. The largest absolute Gasteiger partial charge is 0.494 e. The van der Waals surface area contributed by atoms with Gasteiger partial charge in [0, 0.05) is 30.5 Å². The Morgan fingerprint density at radius 1 is 1.00 bits per heavy atom. The number of benzene rings is 1. The molecule has 0 spiro atoms. The van der Waals surface area contributed by atoms with Gasteiger partial charge in [0.2, 0.25) is 0 Å². The number of hydrogen-bond donors (Lipinski definition) is 1. The molecule has 8 heteroatoms. The second-order valence-corrected chi connectivity index (χ2v) is 6.84. The molecule has 1 aromatic rings. The molecule has 2 nitrogen and oxygen atoms in total. The maximum atomic E-state index is 13.0. The first-order chi connectivity index (χ1) is 12.6. The molecule has 1 aliphatic carbocycles. The van der Waals surface area contributed by atoms with Crippen molar-refractivity contribution in [1.82, 2.24) is 5.32 Å². The van der Waals surface area contributed by atoms with Crippen molar-refractivity contribution in [2.75, 3.05) is 19.7 Å². The third-order valence-corrected chi connectivity index (χ3v) is 4.94. The van der Waals surface area contributed by atoms with Crippen molar-refractivity contribution < 1.29 is 31.1 Å². The molecule has 0 aromatic heterocycles. The number of halogens is 6.